The maximum Gasteiger partial charge on any atom is 0.329 e. The van der Waals surface area contributed by atoms with Crippen molar-refractivity contribution in [2.45, 2.75) is 115 Å². The molecule has 3 aliphatic rings. The summed E-state index contributed by atoms with van der Waals surface area (Å²) in [7, 11) is 1.71. The highest BCUT2D eigenvalue weighted by atomic mass is 16.5. The number of hydrogen-bond donors (Lipinski definition) is 3. The molecule has 1 unspecified atom stereocenters. The number of para-hydroxylation sites is 2. The molecule has 7 rings (SSSR count). The van der Waals surface area contributed by atoms with Gasteiger partial charge in [-0.1, -0.05) is 54.6 Å². The van der Waals surface area contributed by atoms with Gasteiger partial charge in [-0.25, -0.2) is 4.79 Å². The zero-order valence-corrected chi connectivity index (χ0v) is 38.2. The number of fused-ring (bicyclic) bond motifs is 1. The van der Waals surface area contributed by atoms with Crippen LogP contribution in [0.5, 0.6) is 0 Å². The van der Waals surface area contributed by atoms with Crippen LogP contribution in [-0.4, -0.2) is 96.4 Å². The number of aromatic nitrogens is 2. The Balaban J connectivity index is 0.755. The monoisotopic (exact) mass is 908 g/mol. The number of nitrogens with zero attached hydrogens (tertiary/aromatic N) is 3. The summed E-state index contributed by atoms with van der Waals surface area (Å²) in [4.78, 5) is 78.2. The summed E-state index contributed by atoms with van der Waals surface area (Å²) in [5, 5.41) is 2.35. The SMILES string of the molecule is C[C@@H](OCc1ccc(CCCOCCOCCOCCCc2cccc3c2n(C)c(=O)n3C2CCC(=O)NC2=O)cc1)[C@H](CCC(N)=O)CC(=O)[C@@H]1Cc2cccc3c2N1C(=O)[C@@H](N)CC3. The Morgan fingerprint density at radius 1 is 0.818 bits per heavy atom. The number of nitrogens with one attached hydrogen (secondary N) is 1. The number of amides is 4. The molecular weight excluding hydrogens is 845 g/mol. The number of piperidine rings is 1. The minimum absolute atomic E-state index is 0.0641. The molecule has 354 valence electrons. The molecule has 16 heteroatoms. The Morgan fingerprint density at radius 3 is 2.20 bits per heavy atom. The van der Waals surface area contributed by atoms with Gasteiger partial charge in [-0.05, 0) is 98.1 Å². The zero-order chi connectivity index (χ0) is 46.7. The fourth-order valence-corrected chi connectivity index (χ4v) is 9.54. The number of imide groups is 1. The largest absolute Gasteiger partial charge is 0.379 e. The first-order chi connectivity index (χ1) is 31.9. The summed E-state index contributed by atoms with van der Waals surface area (Å²) in [6.45, 7) is 5.28. The van der Waals surface area contributed by atoms with Gasteiger partial charge in [-0.15, -0.1) is 0 Å². The van der Waals surface area contributed by atoms with Gasteiger partial charge < -0.3 is 30.4 Å². The van der Waals surface area contributed by atoms with Gasteiger partial charge in [0.2, 0.25) is 23.6 Å². The lowest BCUT2D eigenvalue weighted by Crippen LogP contribution is -2.50. The number of anilines is 1. The van der Waals surface area contributed by atoms with Crippen LogP contribution in [0.15, 0.2) is 65.5 Å². The highest BCUT2D eigenvalue weighted by Gasteiger charge is 2.43. The molecule has 3 aliphatic heterocycles. The van der Waals surface area contributed by atoms with Gasteiger partial charge in [0, 0.05) is 45.9 Å². The fraction of sp³-hybridized carbons (Fsp3) is 0.520. The second kappa shape index (κ2) is 22.8. The number of imidazole rings is 1. The topological polar surface area (TPSA) is 217 Å². The van der Waals surface area contributed by atoms with E-state index in [4.69, 9.17) is 30.4 Å². The van der Waals surface area contributed by atoms with Crippen molar-refractivity contribution in [3.63, 3.8) is 0 Å². The minimum Gasteiger partial charge on any atom is -0.379 e. The van der Waals surface area contributed by atoms with Crippen LogP contribution in [0.3, 0.4) is 0 Å². The number of hydrogen-bond acceptors (Lipinski definition) is 11. The molecule has 5 N–H and O–H groups in total. The molecule has 0 spiro atoms. The predicted molar refractivity (Wildman–Crippen MR) is 248 cm³/mol. The smallest absolute Gasteiger partial charge is 0.329 e. The molecule has 0 bridgehead atoms. The van der Waals surface area contributed by atoms with E-state index in [0.717, 1.165) is 52.7 Å². The summed E-state index contributed by atoms with van der Waals surface area (Å²) >= 11 is 0. The lowest BCUT2D eigenvalue weighted by Gasteiger charge is -2.29. The molecule has 0 aliphatic carbocycles. The number of primary amides is 1. The molecule has 16 nitrogen and oxygen atoms in total. The van der Waals surface area contributed by atoms with E-state index in [-0.39, 0.29) is 54.6 Å². The van der Waals surface area contributed by atoms with Crippen LogP contribution in [0.1, 0.15) is 92.1 Å². The van der Waals surface area contributed by atoms with Crippen molar-refractivity contribution in [1.29, 1.82) is 0 Å². The van der Waals surface area contributed by atoms with E-state index in [1.54, 1.807) is 16.5 Å². The average Bonchev–Trinajstić information content (AvgIpc) is 3.78. The van der Waals surface area contributed by atoms with E-state index in [2.05, 4.69) is 17.4 Å². The molecule has 4 aromatic rings. The van der Waals surface area contributed by atoms with Crippen LogP contribution >= 0.6 is 0 Å². The molecule has 5 atom stereocenters. The van der Waals surface area contributed by atoms with Crippen LogP contribution < -0.4 is 27.4 Å². The van der Waals surface area contributed by atoms with E-state index in [9.17, 15) is 28.8 Å². The maximum atomic E-state index is 14.0. The first-order valence-electron chi connectivity index (χ1n) is 23.4. The van der Waals surface area contributed by atoms with Crippen molar-refractivity contribution >= 4 is 46.1 Å². The highest BCUT2D eigenvalue weighted by Crippen LogP contribution is 2.40. The molecule has 1 saturated heterocycles. The standard InChI is InChI=1S/C50H64N6O10/c1-32(37(18-21-44(52)58)30-43(57)42-29-38-10-3-8-36-17-19-39(51)49(61)56(42)46(36)38)66-31-34-15-13-33(14-16-34)7-5-23-63-25-27-65-28-26-64-24-6-11-35-9-4-12-40-47(35)54(2)50(62)55(40)41-20-22-45(59)53-48(41)60/h3-4,8-10,12-16,32,37,39,41-42H,5-7,11,17-31,51H2,1-2H3,(H2,52,58)(H,53,59,60)/t32-,37-,39+,41?,42+/m1/s1. The van der Waals surface area contributed by atoms with Gasteiger partial charge in [-0.2, -0.15) is 0 Å². The molecular formula is C50H64N6O10. The van der Waals surface area contributed by atoms with Crippen LogP contribution in [-0.2, 0) is 82.3 Å². The second-order valence-electron chi connectivity index (χ2n) is 17.8. The minimum atomic E-state index is -0.713. The van der Waals surface area contributed by atoms with Crippen molar-refractivity contribution in [2.75, 3.05) is 44.5 Å². The Hall–Kier alpha value is -5.52. The van der Waals surface area contributed by atoms with E-state index in [0.29, 0.717) is 90.3 Å². The number of aryl methyl sites for hydroxylation is 4. The van der Waals surface area contributed by atoms with E-state index < -0.39 is 29.9 Å². The number of carbonyl (C=O) groups is 5. The van der Waals surface area contributed by atoms with Gasteiger partial charge in [0.1, 0.15) is 6.04 Å². The van der Waals surface area contributed by atoms with Crippen molar-refractivity contribution in [1.82, 2.24) is 14.5 Å². The van der Waals surface area contributed by atoms with Crippen molar-refractivity contribution in [3.05, 3.63) is 99.0 Å². The van der Waals surface area contributed by atoms with Crippen molar-refractivity contribution in [3.8, 4) is 0 Å². The molecule has 4 heterocycles. The van der Waals surface area contributed by atoms with Gasteiger partial charge in [0.25, 0.3) is 0 Å². The number of carbonyl (C=O) groups excluding carboxylic acids is 5. The normalized spacial score (nSPS) is 19.2. The Labute approximate surface area is 385 Å². The number of nitrogens with two attached hydrogens (primary N) is 2. The molecule has 66 heavy (non-hydrogen) atoms. The number of benzene rings is 3. The van der Waals surface area contributed by atoms with Crippen LogP contribution in [0.25, 0.3) is 11.0 Å². The van der Waals surface area contributed by atoms with Crippen LogP contribution in [0, 0.1) is 5.92 Å². The molecule has 3 aromatic carbocycles. The molecule has 4 amide bonds. The van der Waals surface area contributed by atoms with Crippen LogP contribution in [0.2, 0.25) is 0 Å². The first-order valence-corrected chi connectivity index (χ1v) is 23.4. The fourth-order valence-electron chi connectivity index (χ4n) is 9.54. The Bertz CT molecular complexity index is 2430. The summed E-state index contributed by atoms with van der Waals surface area (Å²) in [5.74, 6) is -1.74. The number of Topliss-reactive ketones (excluding diaryl/α,β-unsaturated/α-hetero) is 1. The van der Waals surface area contributed by atoms with Crippen LogP contribution in [0.4, 0.5) is 5.69 Å². The van der Waals surface area contributed by atoms with Gasteiger partial charge in [-0.3, -0.25) is 43.3 Å². The lowest BCUT2D eigenvalue weighted by molar-refractivity contribution is -0.135. The van der Waals surface area contributed by atoms with Crippen molar-refractivity contribution in [2.24, 2.45) is 24.4 Å². The van der Waals surface area contributed by atoms with Crippen molar-refractivity contribution < 1.29 is 42.9 Å². The molecule has 0 radical (unpaired) electrons. The molecule has 1 fully saturated rings. The number of rotatable bonds is 25. The van der Waals surface area contributed by atoms with Gasteiger partial charge in [0.05, 0.1) is 67.9 Å². The summed E-state index contributed by atoms with van der Waals surface area (Å²) in [6, 6.07) is 17.9. The summed E-state index contributed by atoms with van der Waals surface area (Å²) in [6.07, 6.45) is 5.70. The van der Waals surface area contributed by atoms with Gasteiger partial charge >= 0.3 is 5.69 Å². The Kier molecular flexibility index (Phi) is 16.7. The van der Waals surface area contributed by atoms with Gasteiger partial charge in [0.15, 0.2) is 5.78 Å². The van der Waals surface area contributed by atoms with E-state index in [1.165, 1.54) is 10.1 Å². The zero-order valence-electron chi connectivity index (χ0n) is 38.2. The lowest BCUT2D eigenvalue weighted by atomic mass is 9.89. The Morgan fingerprint density at radius 2 is 1.48 bits per heavy atom. The number of ether oxygens (including phenoxy) is 4. The third-order valence-electron chi connectivity index (χ3n) is 13.2. The van der Waals surface area contributed by atoms with E-state index >= 15 is 0 Å². The quantitative estimate of drug-likeness (QED) is 0.0640. The highest BCUT2D eigenvalue weighted by molar-refractivity contribution is 6.07. The third-order valence-corrected chi connectivity index (χ3v) is 13.2. The molecule has 0 saturated carbocycles. The summed E-state index contributed by atoms with van der Waals surface area (Å²) in [5.41, 5.74) is 19.0. The predicted octanol–water partition coefficient (Wildman–Crippen LogP) is 3.91. The number of ketones is 1. The maximum absolute atomic E-state index is 14.0. The second-order valence-corrected chi connectivity index (χ2v) is 17.8. The third kappa shape index (κ3) is 11.7. The first kappa shape index (κ1) is 48.4. The summed E-state index contributed by atoms with van der Waals surface area (Å²) < 4.78 is 26.6. The average molecular weight is 909 g/mol. The van der Waals surface area contributed by atoms with E-state index in [1.807, 2.05) is 55.5 Å². The molecule has 1 aromatic heterocycles.